The van der Waals surface area contributed by atoms with Crippen molar-refractivity contribution in [2.24, 2.45) is 10.9 Å². The third kappa shape index (κ3) is 3.15. The molecule has 19 heavy (non-hydrogen) atoms. The van der Waals surface area contributed by atoms with Gasteiger partial charge in [0, 0.05) is 5.56 Å². The first-order valence-electron chi connectivity index (χ1n) is 6.08. The number of rotatable bonds is 5. The summed E-state index contributed by atoms with van der Waals surface area (Å²) in [5, 5.41) is 23.9. The lowest BCUT2D eigenvalue weighted by Gasteiger charge is -2.31. The Kier molecular flexibility index (Phi) is 4.74. The minimum absolute atomic E-state index is 0.00930. The third-order valence-electron chi connectivity index (χ3n) is 3.27. The quantitative estimate of drug-likeness (QED) is 0.279. The Hall–Kier alpha value is -2.24. The largest absolute Gasteiger partial charge is 0.508 e. The molecule has 1 amide bonds. The van der Waals surface area contributed by atoms with Crippen molar-refractivity contribution in [2.75, 3.05) is 0 Å². The fourth-order valence-electron chi connectivity index (χ4n) is 1.89. The van der Waals surface area contributed by atoms with E-state index in [2.05, 4.69) is 10.5 Å². The highest BCUT2D eigenvalue weighted by Gasteiger charge is 2.33. The van der Waals surface area contributed by atoms with E-state index >= 15 is 0 Å². The molecule has 0 aromatic heterocycles. The molecular formula is C13H19N3O3. The molecule has 0 radical (unpaired) electrons. The number of aromatic hydroxyl groups is 1. The zero-order chi connectivity index (χ0) is 14.5. The summed E-state index contributed by atoms with van der Waals surface area (Å²) in [6.45, 7) is 3.68. The van der Waals surface area contributed by atoms with Crippen LogP contribution in [0.2, 0.25) is 0 Å². The third-order valence-corrected chi connectivity index (χ3v) is 3.27. The van der Waals surface area contributed by atoms with Gasteiger partial charge in [-0.2, -0.15) is 0 Å². The topological polar surface area (TPSA) is 108 Å². The van der Waals surface area contributed by atoms with Crippen LogP contribution in [0.1, 0.15) is 37.0 Å². The Morgan fingerprint density at radius 1 is 1.42 bits per heavy atom. The van der Waals surface area contributed by atoms with Crippen LogP contribution in [0.4, 0.5) is 0 Å². The summed E-state index contributed by atoms with van der Waals surface area (Å²) >= 11 is 0. The van der Waals surface area contributed by atoms with Crippen LogP contribution in [-0.2, 0) is 0 Å². The zero-order valence-corrected chi connectivity index (χ0v) is 11.1. The number of nitrogens with zero attached hydrogens (tertiary/aromatic N) is 1. The molecule has 104 valence electrons. The molecule has 1 aromatic rings. The highest BCUT2D eigenvalue weighted by atomic mass is 16.4. The molecule has 5 N–H and O–H groups in total. The first-order chi connectivity index (χ1) is 8.99. The summed E-state index contributed by atoms with van der Waals surface area (Å²) in [5.74, 6) is -0.410. The van der Waals surface area contributed by atoms with Crippen molar-refractivity contribution in [3.05, 3.63) is 29.8 Å². The van der Waals surface area contributed by atoms with Crippen LogP contribution in [0.3, 0.4) is 0 Å². The maximum atomic E-state index is 12.1. The smallest absolute Gasteiger partial charge is 0.252 e. The summed E-state index contributed by atoms with van der Waals surface area (Å²) in [4.78, 5) is 12.1. The number of benzene rings is 1. The van der Waals surface area contributed by atoms with Gasteiger partial charge in [0.05, 0.1) is 0 Å². The number of carbonyl (C=O) groups is 1. The van der Waals surface area contributed by atoms with Crippen LogP contribution in [0, 0.1) is 0 Å². The van der Waals surface area contributed by atoms with Crippen molar-refractivity contribution in [3.8, 4) is 5.75 Å². The Balaban J connectivity index is 3.01. The second-order valence-electron chi connectivity index (χ2n) is 4.28. The number of hydrogen-bond acceptors (Lipinski definition) is 4. The predicted octanol–water partition coefficient (Wildman–Crippen LogP) is 1.43. The van der Waals surface area contributed by atoms with Gasteiger partial charge < -0.3 is 21.4 Å². The predicted molar refractivity (Wildman–Crippen MR) is 72.3 cm³/mol. The molecule has 0 aliphatic heterocycles. The first kappa shape index (κ1) is 14.8. The molecule has 0 atom stereocenters. The molecule has 0 spiro atoms. The maximum Gasteiger partial charge on any atom is 0.252 e. The molecule has 0 aliphatic carbocycles. The molecule has 0 fully saturated rings. The average Bonchev–Trinajstić information content (AvgIpc) is 2.43. The summed E-state index contributed by atoms with van der Waals surface area (Å²) in [6.07, 6.45) is 0.980. The molecule has 0 bridgehead atoms. The van der Waals surface area contributed by atoms with E-state index in [0.717, 1.165) is 0 Å². The lowest BCUT2D eigenvalue weighted by atomic mass is 9.91. The summed E-state index contributed by atoms with van der Waals surface area (Å²) < 4.78 is 0. The summed E-state index contributed by atoms with van der Waals surface area (Å²) in [7, 11) is 0. The van der Waals surface area contributed by atoms with Crippen molar-refractivity contribution in [2.45, 2.75) is 32.2 Å². The number of nitrogens with two attached hydrogens (primary N) is 1. The highest BCUT2D eigenvalue weighted by molar-refractivity contribution is 6.00. The lowest BCUT2D eigenvalue weighted by Crippen LogP contribution is -2.56. The molecule has 0 saturated carbocycles. The van der Waals surface area contributed by atoms with Gasteiger partial charge in [-0.1, -0.05) is 25.1 Å². The van der Waals surface area contributed by atoms with E-state index in [1.54, 1.807) is 12.1 Å². The number of nitrogens with one attached hydrogen (secondary N) is 1. The number of carbonyl (C=O) groups excluding carboxylic acids is 1. The van der Waals surface area contributed by atoms with Crippen LogP contribution in [0.5, 0.6) is 5.75 Å². The number of phenolic OH excluding ortho intramolecular Hbond substituents is 1. The number of oxime groups is 1. The first-order valence-corrected chi connectivity index (χ1v) is 6.08. The van der Waals surface area contributed by atoms with E-state index in [4.69, 9.17) is 10.9 Å². The van der Waals surface area contributed by atoms with E-state index in [-0.39, 0.29) is 17.5 Å². The molecule has 0 saturated heterocycles. The fraction of sp³-hybridized carbons (Fsp3) is 0.385. The van der Waals surface area contributed by atoms with Crippen molar-refractivity contribution in [1.29, 1.82) is 0 Å². The average molecular weight is 265 g/mol. The van der Waals surface area contributed by atoms with Crippen molar-refractivity contribution in [3.63, 3.8) is 0 Å². The second kappa shape index (κ2) is 6.08. The Bertz CT molecular complexity index is 482. The van der Waals surface area contributed by atoms with E-state index in [0.29, 0.717) is 18.4 Å². The lowest BCUT2D eigenvalue weighted by molar-refractivity contribution is 0.0917. The summed E-state index contributed by atoms with van der Waals surface area (Å²) in [6, 6.07) is 6.00. The molecule has 0 heterocycles. The minimum atomic E-state index is -0.892. The van der Waals surface area contributed by atoms with Gasteiger partial charge in [-0.15, -0.1) is 0 Å². The van der Waals surface area contributed by atoms with Gasteiger partial charge in [-0.3, -0.25) is 4.79 Å². The van der Waals surface area contributed by atoms with Crippen molar-refractivity contribution in [1.82, 2.24) is 5.32 Å². The fourth-order valence-corrected chi connectivity index (χ4v) is 1.89. The normalized spacial score (nSPS) is 12.2. The van der Waals surface area contributed by atoms with Gasteiger partial charge in [0.25, 0.3) is 5.91 Å². The molecule has 0 unspecified atom stereocenters. The number of phenols is 1. The van der Waals surface area contributed by atoms with Gasteiger partial charge in [0.1, 0.15) is 11.3 Å². The van der Waals surface area contributed by atoms with E-state index in [1.807, 2.05) is 13.8 Å². The number of hydrogen-bond donors (Lipinski definition) is 4. The number of amidine groups is 1. The Morgan fingerprint density at radius 2 is 2.05 bits per heavy atom. The van der Waals surface area contributed by atoms with E-state index < -0.39 is 5.54 Å². The number of amides is 1. The molecule has 6 nitrogen and oxygen atoms in total. The molecule has 1 rings (SSSR count). The Morgan fingerprint density at radius 3 is 2.53 bits per heavy atom. The Labute approximate surface area is 111 Å². The molecule has 1 aromatic carbocycles. The van der Waals surface area contributed by atoms with Gasteiger partial charge >= 0.3 is 0 Å². The van der Waals surface area contributed by atoms with Gasteiger partial charge in [-0.05, 0) is 31.0 Å². The SMILES string of the molecule is CCC(CC)(NC(=O)c1cccc(O)c1)/C(N)=N/O. The van der Waals surface area contributed by atoms with Crippen LogP contribution < -0.4 is 11.1 Å². The summed E-state index contributed by atoms with van der Waals surface area (Å²) in [5.41, 5.74) is 5.09. The monoisotopic (exact) mass is 265 g/mol. The van der Waals surface area contributed by atoms with Crippen molar-refractivity contribution < 1.29 is 15.1 Å². The highest BCUT2D eigenvalue weighted by Crippen LogP contribution is 2.18. The minimum Gasteiger partial charge on any atom is -0.508 e. The second-order valence-corrected chi connectivity index (χ2v) is 4.28. The van der Waals surface area contributed by atoms with Gasteiger partial charge in [0.2, 0.25) is 0 Å². The molecule has 6 heteroatoms. The van der Waals surface area contributed by atoms with E-state index in [1.165, 1.54) is 12.1 Å². The van der Waals surface area contributed by atoms with Gasteiger partial charge in [-0.25, -0.2) is 0 Å². The van der Waals surface area contributed by atoms with Crippen molar-refractivity contribution >= 4 is 11.7 Å². The van der Waals surface area contributed by atoms with Crippen LogP contribution in [-0.4, -0.2) is 27.6 Å². The zero-order valence-electron chi connectivity index (χ0n) is 11.1. The van der Waals surface area contributed by atoms with Crippen LogP contribution >= 0.6 is 0 Å². The maximum absolute atomic E-state index is 12.1. The van der Waals surface area contributed by atoms with Gasteiger partial charge in [0.15, 0.2) is 5.84 Å². The standard InChI is InChI=1S/C13H19N3O3/c1-3-13(4-2,12(14)16-19)15-11(18)9-6-5-7-10(17)8-9/h5-8,17,19H,3-4H2,1-2H3,(H2,14,16)(H,15,18). The van der Waals surface area contributed by atoms with Crippen LogP contribution in [0.25, 0.3) is 0 Å². The molecular weight excluding hydrogens is 246 g/mol. The van der Waals surface area contributed by atoms with Crippen LogP contribution in [0.15, 0.2) is 29.4 Å². The molecule has 0 aliphatic rings. The van der Waals surface area contributed by atoms with E-state index in [9.17, 15) is 9.90 Å².